The number of hydrogen-bond donors (Lipinski definition) is 1. The molecule has 1 aromatic rings. The van der Waals surface area contributed by atoms with Crippen molar-refractivity contribution in [3.8, 4) is 0 Å². The van der Waals surface area contributed by atoms with Crippen molar-refractivity contribution < 1.29 is 9.59 Å². The fourth-order valence-electron chi connectivity index (χ4n) is 1.88. The van der Waals surface area contributed by atoms with Crippen molar-refractivity contribution in [2.45, 2.75) is 26.2 Å². The van der Waals surface area contributed by atoms with Gasteiger partial charge < -0.3 is 10.2 Å². The summed E-state index contributed by atoms with van der Waals surface area (Å²) in [5.41, 5.74) is 1.99. The maximum absolute atomic E-state index is 12.0. The molecule has 0 radical (unpaired) electrons. The highest BCUT2D eigenvalue weighted by molar-refractivity contribution is 6.29. The van der Waals surface area contributed by atoms with Crippen molar-refractivity contribution in [2.24, 2.45) is 0 Å². The summed E-state index contributed by atoms with van der Waals surface area (Å²) in [6.45, 7) is 6.14. The van der Waals surface area contributed by atoms with E-state index in [-0.39, 0.29) is 23.1 Å². The van der Waals surface area contributed by atoms with Crippen LogP contribution in [0.5, 0.6) is 0 Å². The van der Waals surface area contributed by atoms with Gasteiger partial charge in [-0.3, -0.25) is 9.59 Å². The minimum Gasteiger partial charge on any atom is -0.345 e. The molecule has 0 fully saturated rings. The SMILES string of the molecule is CN(C)C(=O)c1ccc(C(C)(C)C)c(NC(=O)CCl)c1. The number of amides is 2. The molecule has 110 valence electrons. The van der Waals surface area contributed by atoms with Crippen molar-refractivity contribution in [1.29, 1.82) is 0 Å². The Morgan fingerprint density at radius 2 is 1.85 bits per heavy atom. The van der Waals surface area contributed by atoms with Crippen LogP contribution in [0.2, 0.25) is 0 Å². The number of carbonyl (C=O) groups excluding carboxylic acids is 2. The van der Waals surface area contributed by atoms with E-state index in [1.54, 1.807) is 26.2 Å². The van der Waals surface area contributed by atoms with Gasteiger partial charge in [0.2, 0.25) is 5.91 Å². The van der Waals surface area contributed by atoms with Crippen LogP contribution in [-0.2, 0) is 10.2 Å². The van der Waals surface area contributed by atoms with E-state index in [4.69, 9.17) is 11.6 Å². The van der Waals surface area contributed by atoms with Gasteiger partial charge in [0.15, 0.2) is 0 Å². The summed E-state index contributed by atoms with van der Waals surface area (Å²) in [6.07, 6.45) is 0. The van der Waals surface area contributed by atoms with E-state index in [0.717, 1.165) is 5.56 Å². The number of rotatable bonds is 3. The number of nitrogens with zero attached hydrogens (tertiary/aromatic N) is 1. The summed E-state index contributed by atoms with van der Waals surface area (Å²) < 4.78 is 0. The average Bonchev–Trinajstić information content (AvgIpc) is 2.36. The Kier molecular flexibility index (Phi) is 5.17. The van der Waals surface area contributed by atoms with Crippen LogP contribution in [0.4, 0.5) is 5.69 Å². The van der Waals surface area contributed by atoms with Gasteiger partial charge >= 0.3 is 0 Å². The first-order chi connectivity index (χ1) is 9.16. The number of benzene rings is 1. The predicted octanol–water partition coefficient (Wildman–Crippen LogP) is 2.86. The number of hydrogen-bond acceptors (Lipinski definition) is 2. The molecule has 0 unspecified atom stereocenters. The fraction of sp³-hybridized carbons (Fsp3) is 0.467. The molecular formula is C15H21ClN2O2. The van der Waals surface area contributed by atoms with Crippen LogP contribution < -0.4 is 5.32 Å². The smallest absolute Gasteiger partial charge is 0.253 e. The molecule has 0 aliphatic carbocycles. The monoisotopic (exact) mass is 296 g/mol. The molecule has 4 nitrogen and oxygen atoms in total. The van der Waals surface area contributed by atoms with Crippen LogP contribution in [0, 0.1) is 0 Å². The summed E-state index contributed by atoms with van der Waals surface area (Å²) in [4.78, 5) is 25.0. The van der Waals surface area contributed by atoms with Crippen molar-refractivity contribution in [1.82, 2.24) is 4.90 Å². The summed E-state index contributed by atoms with van der Waals surface area (Å²) in [5.74, 6) is -0.506. The topological polar surface area (TPSA) is 49.4 Å². The molecule has 0 spiro atoms. The summed E-state index contributed by atoms with van der Waals surface area (Å²) in [7, 11) is 3.38. The summed E-state index contributed by atoms with van der Waals surface area (Å²) in [5, 5.41) is 2.76. The minimum absolute atomic E-state index is 0.105. The lowest BCUT2D eigenvalue weighted by molar-refractivity contribution is -0.113. The molecule has 20 heavy (non-hydrogen) atoms. The second kappa shape index (κ2) is 6.27. The number of nitrogens with one attached hydrogen (secondary N) is 1. The second-order valence-corrected chi connectivity index (χ2v) is 6.16. The van der Waals surface area contributed by atoms with E-state index in [2.05, 4.69) is 5.32 Å². The Balaban J connectivity index is 3.28. The van der Waals surface area contributed by atoms with Crippen molar-refractivity contribution in [2.75, 3.05) is 25.3 Å². The van der Waals surface area contributed by atoms with Gasteiger partial charge in [-0.1, -0.05) is 26.8 Å². The van der Waals surface area contributed by atoms with Gasteiger partial charge in [-0.25, -0.2) is 0 Å². The fourth-order valence-corrected chi connectivity index (χ4v) is 1.94. The third kappa shape index (κ3) is 3.97. The summed E-state index contributed by atoms with van der Waals surface area (Å²) in [6, 6.07) is 5.35. The summed E-state index contributed by atoms with van der Waals surface area (Å²) >= 11 is 5.53. The number of halogens is 1. The Labute approximate surface area is 125 Å². The lowest BCUT2D eigenvalue weighted by Crippen LogP contribution is -2.24. The molecule has 0 bridgehead atoms. The Hall–Kier alpha value is -1.55. The first-order valence-corrected chi connectivity index (χ1v) is 6.92. The van der Waals surface area contributed by atoms with E-state index in [1.165, 1.54) is 4.90 Å². The molecule has 0 saturated carbocycles. The Morgan fingerprint density at radius 3 is 2.30 bits per heavy atom. The van der Waals surface area contributed by atoms with Gasteiger partial charge in [0.25, 0.3) is 5.91 Å². The third-order valence-corrected chi connectivity index (χ3v) is 3.12. The van der Waals surface area contributed by atoms with Gasteiger partial charge in [-0.15, -0.1) is 11.6 Å². The molecule has 1 rings (SSSR count). The molecule has 0 atom stereocenters. The standard InChI is InChI=1S/C15H21ClN2O2/c1-15(2,3)11-7-6-10(14(20)18(4)5)8-12(11)17-13(19)9-16/h6-8H,9H2,1-5H3,(H,17,19). The first-order valence-electron chi connectivity index (χ1n) is 6.39. The van der Waals surface area contributed by atoms with Crippen LogP contribution in [-0.4, -0.2) is 36.7 Å². The Bertz CT molecular complexity index is 519. The quantitative estimate of drug-likeness (QED) is 0.872. The molecule has 0 aliphatic heterocycles. The highest BCUT2D eigenvalue weighted by Gasteiger charge is 2.21. The van der Waals surface area contributed by atoms with Gasteiger partial charge in [0.05, 0.1) is 0 Å². The van der Waals surface area contributed by atoms with E-state index in [9.17, 15) is 9.59 Å². The zero-order valence-electron chi connectivity index (χ0n) is 12.6. The van der Waals surface area contributed by atoms with Crippen LogP contribution in [0.3, 0.4) is 0 Å². The minimum atomic E-state index is -0.286. The lowest BCUT2D eigenvalue weighted by atomic mass is 9.85. The highest BCUT2D eigenvalue weighted by atomic mass is 35.5. The zero-order valence-corrected chi connectivity index (χ0v) is 13.3. The third-order valence-electron chi connectivity index (χ3n) is 2.88. The van der Waals surface area contributed by atoms with Gasteiger partial charge in [0, 0.05) is 25.3 Å². The van der Waals surface area contributed by atoms with E-state index in [0.29, 0.717) is 11.3 Å². The molecule has 2 amide bonds. The highest BCUT2D eigenvalue weighted by Crippen LogP contribution is 2.30. The number of anilines is 1. The van der Waals surface area contributed by atoms with E-state index < -0.39 is 0 Å². The molecule has 5 heteroatoms. The molecule has 0 aliphatic rings. The van der Waals surface area contributed by atoms with E-state index >= 15 is 0 Å². The molecule has 0 saturated heterocycles. The molecule has 1 N–H and O–H groups in total. The zero-order chi connectivity index (χ0) is 15.5. The van der Waals surface area contributed by atoms with Gasteiger partial charge in [0.1, 0.15) is 5.88 Å². The van der Waals surface area contributed by atoms with E-state index in [1.807, 2.05) is 26.8 Å². The Morgan fingerprint density at radius 1 is 1.25 bits per heavy atom. The van der Waals surface area contributed by atoms with Crippen LogP contribution in [0.15, 0.2) is 18.2 Å². The molecule has 1 aromatic carbocycles. The lowest BCUT2D eigenvalue weighted by Gasteiger charge is -2.24. The van der Waals surface area contributed by atoms with Crippen LogP contribution >= 0.6 is 11.6 Å². The maximum Gasteiger partial charge on any atom is 0.253 e. The van der Waals surface area contributed by atoms with Crippen molar-refractivity contribution in [3.05, 3.63) is 29.3 Å². The maximum atomic E-state index is 12.0. The normalized spacial score (nSPS) is 11.1. The van der Waals surface area contributed by atoms with Gasteiger partial charge in [-0.05, 0) is 23.1 Å². The van der Waals surface area contributed by atoms with Crippen LogP contribution in [0.1, 0.15) is 36.7 Å². The predicted molar refractivity (Wildman–Crippen MR) is 82.5 cm³/mol. The molecule has 0 aromatic heterocycles. The first kappa shape index (κ1) is 16.5. The van der Waals surface area contributed by atoms with Crippen molar-refractivity contribution in [3.63, 3.8) is 0 Å². The number of alkyl halides is 1. The van der Waals surface area contributed by atoms with Crippen molar-refractivity contribution >= 4 is 29.1 Å². The largest absolute Gasteiger partial charge is 0.345 e. The number of carbonyl (C=O) groups is 2. The molecular weight excluding hydrogens is 276 g/mol. The van der Waals surface area contributed by atoms with Gasteiger partial charge in [-0.2, -0.15) is 0 Å². The molecule has 0 heterocycles. The van der Waals surface area contributed by atoms with Crippen LogP contribution in [0.25, 0.3) is 0 Å². The second-order valence-electron chi connectivity index (χ2n) is 5.89. The average molecular weight is 297 g/mol.